The molecular weight excluding hydrogens is 274 g/mol. The fourth-order valence-electron chi connectivity index (χ4n) is 3.13. The number of hydrogen-bond acceptors (Lipinski definition) is 2. The van der Waals surface area contributed by atoms with Crippen molar-refractivity contribution in [3.8, 4) is 0 Å². The van der Waals surface area contributed by atoms with Gasteiger partial charge in [-0.3, -0.25) is 4.79 Å². The zero-order valence-corrected chi connectivity index (χ0v) is 14.9. The number of benzene rings is 1. The molecule has 3 nitrogen and oxygen atoms in total. The van der Waals surface area contributed by atoms with E-state index in [1.54, 1.807) is 4.90 Å². The summed E-state index contributed by atoms with van der Waals surface area (Å²) in [6.45, 7) is 11.9. The molecule has 2 unspecified atom stereocenters. The summed E-state index contributed by atoms with van der Waals surface area (Å²) in [5.74, 6) is 0.981. The number of rotatable bonds is 0. The van der Waals surface area contributed by atoms with Crippen LogP contribution in [0, 0.1) is 5.41 Å². The molecule has 1 aromatic carbocycles. The normalized spacial score (nSPS) is 25.2. The summed E-state index contributed by atoms with van der Waals surface area (Å²) in [5, 5.41) is 0. The Morgan fingerprint density at radius 2 is 1.77 bits per heavy atom. The maximum atomic E-state index is 12.7. The molecule has 0 saturated carbocycles. The minimum Gasteiger partial charge on any atom is -0.494 e. The average Bonchev–Trinajstić information content (AvgIpc) is 2.84. The third-order valence-electron chi connectivity index (χ3n) is 4.09. The maximum Gasteiger partial charge on any atom is 0.241 e. The fourth-order valence-corrected chi connectivity index (χ4v) is 3.13. The number of allylic oxidation sites excluding steroid dienone is 1. The van der Waals surface area contributed by atoms with Crippen LogP contribution in [0.15, 0.2) is 36.1 Å². The molecule has 2 atom stereocenters. The van der Waals surface area contributed by atoms with Gasteiger partial charge in [0, 0.05) is 12.7 Å². The molecule has 1 aromatic rings. The number of ether oxygens (including phenoxy) is 1. The molecule has 0 saturated heterocycles. The number of nitrogens with zero attached hydrogens (tertiary/aromatic N) is 1. The average molecular weight is 303 g/mol. The lowest BCUT2D eigenvalue weighted by Gasteiger charge is -2.39. The lowest BCUT2D eigenvalue weighted by atomic mass is 9.74. The second-order valence-electron chi connectivity index (χ2n) is 5.23. The Morgan fingerprint density at radius 1 is 1.18 bits per heavy atom. The van der Waals surface area contributed by atoms with E-state index in [1.165, 1.54) is 5.56 Å². The van der Waals surface area contributed by atoms with E-state index in [2.05, 4.69) is 6.07 Å². The Bertz CT molecular complexity index is 550. The van der Waals surface area contributed by atoms with Crippen LogP contribution >= 0.6 is 0 Å². The Labute approximate surface area is 135 Å². The predicted molar refractivity (Wildman–Crippen MR) is 93.0 cm³/mol. The summed E-state index contributed by atoms with van der Waals surface area (Å²) in [7, 11) is 1.84. The largest absolute Gasteiger partial charge is 0.494 e. The van der Waals surface area contributed by atoms with Crippen LogP contribution < -0.4 is 4.90 Å². The molecule has 0 bridgehead atoms. The van der Waals surface area contributed by atoms with Gasteiger partial charge in [0.05, 0.1) is 5.76 Å². The van der Waals surface area contributed by atoms with Crippen molar-refractivity contribution >= 4 is 11.6 Å². The van der Waals surface area contributed by atoms with Gasteiger partial charge in [0.15, 0.2) is 0 Å². The van der Waals surface area contributed by atoms with Gasteiger partial charge < -0.3 is 9.64 Å². The van der Waals surface area contributed by atoms with Gasteiger partial charge in [0.2, 0.25) is 5.91 Å². The monoisotopic (exact) mass is 303 g/mol. The number of amides is 1. The minimum absolute atomic E-state index is 0.0965. The van der Waals surface area contributed by atoms with Gasteiger partial charge in [-0.1, -0.05) is 45.9 Å². The summed E-state index contributed by atoms with van der Waals surface area (Å²) < 4.78 is 5.70. The molecule has 3 heteroatoms. The number of carbonyl (C=O) groups excluding carboxylic acids is 1. The Balaban J connectivity index is 0.000000561. The van der Waals surface area contributed by atoms with Crippen LogP contribution in [-0.4, -0.2) is 19.1 Å². The minimum atomic E-state index is -0.521. The molecule has 0 fully saturated rings. The highest BCUT2D eigenvalue weighted by atomic mass is 16.5. The van der Waals surface area contributed by atoms with Crippen molar-refractivity contribution in [2.45, 2.75) is 54.1 Å². The summed E-state index contributed by atoms with van der Waals surface area (Å²) >= 11 is 0. The maximum absolute atomic E-state index is 12.7. The lowest BCUT2D eigenvalue weighted by Crippen LogP contribution is -2.50. The second-order valence-corrected chi connectivity index (χ2v) is 5.23. The summed E-state index contributed by atoms with van der Waals surface area (Å²) in [5.41, 5.74) is 1.70. The molecule has 2 heterocycles. The van der Waals surface area contributed by atoms with E-state index in [0.29, 0.717) is 0 Å². The van der Waals surface area contributed by atoms with Crippen molar-refractivity contribution in [2.75, 3.05) is 11.9 Å². The van der Waals surface area contributed by atoms with Gasteiger partial charge >= 0.3 is 0 Å². The van der Waals surface area contributed by atoms with E-state index < -0.39 is 5.41 Å². The van der Waals surface area contributed by atoms with Crippen molar-refractivity contribution in [2.24, 2.45) is 5.41 Å². The van der Waals surface area contributed by atoms with Crippen LogP contribution in [0.4, 0.5) is 5.69 Å². The van der Waals surface area contributed by atoms with Gasteiger partial charge in [0.25, 0.3) is 0 Å². The molecule has 3 rings (SSSR count). The molecule has 0 radical (unpaired) electrons. The fraction of sp³-hybridized carbons (Fsp3) is 0.526. The van der Waals surface area contributed by atoms with Gasteiger partial charge in [-0.15, -0.1) is 0 Å². The van der Waals surface area contributed by atoms with Crippen molar-refractivity contribution < 1.29 is 9.53 Å². The van der Waals surface area contributed by atoms with E-state index >= 15 is 0 Å². The Morgan fingerprint density at radius 3 is 2.32 bits per heavy atom. The van der Waals surface area contributed by atoms with Gasteiger partial charge in [-0.25, -0.2) is 0 Å². The Hall–Kier alpha value is -1.77. The van der Waals surface area contributed by atoms with E-state index in [0.717, 1.165) is 17.9 Å². The molecule has 22 heavy (non-hydrogen) atoms. The van der Waals surface area contributed by atoms with Crippen molar-refractivity contribution in [3.05, 3.63) is 41.7 Å². The molecule has 0 aromatic heterocycles. The van der Waals surface area contributed by atoms with E-state index in [-0.39, 0.29) is 12.0 Å². The third kappa shape index (κ3) is 2.90. The zero-order chi connectivity index (χ0) is 16.9. The van der Waals surface area contributed by atoms with E-state index in [4.69, 9.17) is 4.74 Å². The van der Waals surface area contributed by atoms with Gasteiger partial charge in [-0.05, 0) is 38.0 Å². The van der Waals surface area contributed by atoms with Crippen LogP contribution in [0.25, 0.3) is 0 Å². The van der Waals surface area contributed by atoms with Crippen molar-refractivity contribution in [3.63, 3.8) is 0 Å². The SMILES string of the molecule is CC.CC.CC1=CC2(Cc3ccccc3N(C)C2=O)C(C)O1. The van der Waals surface area contributed by atoms with Crippen LogP contribution in [0.2, 0.25) is 0 Å². The standard InChI is InChI=1S/C15H17NO2.2C2H6/c1-10-8-15(11(2)18-10)9-12-6-4-5-7-13(12)16(3)14(15)17;2*1-2/h4-8,11H,9H2,1-3H3;2*1-2H3. The van der Waals surface area contributed by atoms with Gasteiger partial charge in [-0.2, -0.15) is 0 Å². The second kappa shape index (κ2) is 7.48. The first-order valence-electron chi connectivity index (χ1n) is 8.27. The molecule has 2 aliphatic rings. The predicted octanol–water partition coefficient (Wildman–Crippen LogP) is 4.57. The van der Waals surface area contributed by atoms with Crippen LogP contribution in [0.1, 0.15) is 47.1 Å². The molecule has 122 valence electrons. The summed E-state index contributed by atoms with van der Waals surface area (Å²) in [4.78, 5) is 14.4. The number of fused-ring (bicyclic) bond motifs is 1. The molecule has 0 aliphatic carbocycles. The zero-order valence-electron chi connectivity index (χ0n) is 14.9. The number of para-hydroxylation sites is 1. The molecular formula is C19H29NO2. The first-order valence-corrected chi connectivity index (χ1v) is 8.27. The highest BCUT2D eigenvalue weighted by Gasteiger charge is 2.51. The third-order valence-corrected chi connectivity index (χ3v) is 4.09. The van der Waals surface area contributed by atoms with Crippen LogP contribution in [-0.2, 0) is 16.0 Å². The smallest absolute Gasteiger partial charge is 0.241 e. The molecule has 1 amide bonds. The number of anilines is 1. The van der Waals surface area contributed by atoms with Crippen LogP contribution in [0.3, 0.4) is 0 Å². The highest BCUT2D eigenvalue weighted by molar-refractivity contribution is 6.02. The molecule has 0 N–H and O–H groups in total. The topological polar surface area (TPSA) is 29.5 Å². The van der Waals surface area contributed by atoms with Crippen molar-refractivity contribution in [1.29, 1.82) is 0 Å². The number of hydrogen-bond donors (Lipinski definition) is 0. The molecule has 2 aliphatic heterocycles. The summed E-state index contributed by atoms with van der Waals surface area (Å²) in [6.07, 6.45) is 2.62. The first-order chi connectivity index (χ1) is 10.5. The van der Waals surface area contributed by atoms with E-state index in [1.807, 2.05) is 72.9 Å². The van der Waals surface area contributed by atoms with Crippen molar-refractivity contribution in [1.82, 2.24) is 0 Å². The number of carbonyl (C=O) groups is 1. The Kier molecular flexibility index (Phi) is 6.21. The quantitative estimate of drug-likeness (QED) is 0.703. The van der Waals surface area contributed by atoms with Crippen LogP contribution in [0.5, 0.6) is 0 Å². The lowest BCUT2D eigenvalue weighted by molar-refractivity contribution is -0.129. The molecule has 1 spiro atoms. The van der Waals surface area contributed by atoms with Gasteiger partial charge in [0.1, 0.15) is 11.5 Å². The first kappa shape index (κ1) is 18.3. The van der Waals surface area contributed by atoms with E-state index in [9.17, 15) is 4.79 Å². The summed E-state index contributed by atoms with van der Waals surface area (Å²) in [6, 6.07) is 8.08. The highest BCUT2D eigenvalue weighted by Crippen LogP contribution is 2.45.